The molecule has 2 aromatic rings. The van der Waals surface area contributed by atoms with Gasteiger partial charge in [0.05, 0.1) is 6.54 Å². The normalized spacial score (nSPS) is 14.3. The van der Waals surface area contributed by atoms with E-state index in [9.17, 15) is 0 Å². The number of benzene rings is 1. The number of hydrogen-bond donors (Lipinski definition) is 1. The maximum atomic E-state index is 4.19. The molecule has 1 N–H and O–H groups in total. The van der Waals surface area contributed by atoms with Crippen molar-refractivity contribution < 1.29 is 0 Å². The van der Waals surface area contributed by atoms with Crippen molar-refractivity contribution in [2.75, 3.05) is 18.0 Å². The molecule has 21 heavy (non-hydrogen) atoms. The summed E-state index contributed by atoms with van der Waals surface area (Å²) in [4.78, 5) is 2.39. The highest BCUT2D eigenvalue weighted by molar-refractivity contribution is 5.54. The zero-order valence-electron chi connectivity index (χ0n) is 12.8. The number of anilines is 1. The van der Waals surface area contributed by atoms with Crippen LogP contribution in [0, 0.1) is 6.92 Å². The first-order valence-electron chi connectivity index (χ1n) is 7.70. The van der Waals surface area contributed by atoms with E-state index in [2.05, 4.69) is 57.0 Å². The smallest absolute Gasteiger partial charge is 0.152 e. The molecule has 0 spiro atoms. The molecule has 0 unspecified atom stereocenters. The maximum Gasteiger partial charge on any atom is 0.152 e. The van der Waals surface area contributed by atoms with E-state index in [1.54, 1.807) is 0 Å². The summed E-state index contributed by atoms with van der Waals surface area (Å²) in [6.45, 7) is 9.22. The van der Waals surface area contributed by atoms with Gasteiger partial charge in [0.2, 0.25) is 0 Å². The second kappa shape index (κ2) is 6.26. The molecule has 1 aliphatic rings. The van der Waals surface area contributed by atoms with Crippen LogP contribution in [0.25, 0.3) is 0 Å². The molecule has 2 heterocycles. The SMILES string of the molecule is CCCNCc1ccc(N2CCn3cnnc3C2)c(C)c1. The van der Waals surface area contributed by atoms with E-state index < -0.39 is 0 Å². The zero-order chi connectivity index (χ0) is 14.7. The fraction of sp³-hybridized carbons (Fsp3) is 0.500. The van der Waals surface area contributed by atoms with Gasteiger partial charge in [0.25, 0.3) is 0 Å². The van der Waals surface area contributed by atoms with Gasteiger partial charge in [-0.2, -0.15) is 0 Å². The molecule has 1 aliphatic heterocycles. The van der Waals surface area contributed by atoms with E-state index in [0.29, 0.717) is 0 Å². The number of aryl methyl sites for hydroxylation is 1. The van der Waals surface area contributed by atoms with Crippen LogP contribution in [-0.4, -0.2) is 27.9 Å². The molecule has 0 amide bonds. The van der Waals surface area contributed by atoms with Gasteiger partial charge in [-0.05, 0) is 37.1 Å². The Morgan fingerprint density at radius 2 is 2.19 bits per heavy atom. The molecule has 5 nitrogen and oxygen atoms in total. The van der Waals surface area contributed by atoms with E-state index in [1.807, 2.05) is 6.33 Å². The minimum absolute atomic E-state index is 0.842. The van der Waals surface area contributed by atoms with Crippen LogP contribution in [0.2, 0.25) is 0 Å². The Balaban J connectivity index is 1.71. The fourth-order valence-corrected chi connectivity index (χ4v) is 2.86. The summed E-state index contributed by atoms with van der Waals surface area (Å²) in [7, 11) is 0. The van der Waals surface area contributed by atoms with Gasteiger partial charge in [-0.3, -0.25) is 0 Å². The standard InChI is InChI=1S/C16H23N5/c1-3-6-17-10-14-4-5-15(13(2)9-14)20-7-8-21-12-18-19-16(21)11-20/h4-5,9,12,17H,3,6-8,10-11H2,1-2H3. The van der Waals surface area contributed by atoms with Crippen LogP contribution >= 0.6 is 0 Å². The summed E-state index contributed by atoms with van der Waals surface area (Å²) in [6.07, 6.45) is 2.99. The molecule has 0 aliphatic carbocycles. The third kappa shape index (κ3) is 3.08. The largest absolute Gasteiger partial charge is 0.362 e. The van der Waals surface area contributed by atoms with Crippen LogP contribution in [0.1, 0.15) is 30.3 Å². The number of nitrogens with one attached hydrogen (secondary N) is 1. The first-order chi connectivity index (χ1) is 10.3. The van der Waals surface area contributed by atoms with Gasteiger partial charge in [-0.15, -0.1) is 10.2 Å². The second-order valence-corrected chi connectivity index (χ2v) is 5.66. The molecule has 3 rings (SSSR count). The van der Waals surface area contributed by atoms with Crippen molar-refractivity contribution in [1.82, 2.24) is 20.1 Å². The highest BCUT2D eigenvalue weighted by Crippen LogP contribution is 2.24. The molecule has 1 aromatic carbocycles. The van der Waals surface area contributed by atoms with Gasteiger partial charge in [0.15, 0.2) is 5.82 Å². The molecular formula is C16H23N5. The predicted octanol–water partition coefficient (Wildman–Crippen LogP) is 2.11. The van der Waals surface area contributed by atoms with Crippen molar-refractivity contribution in [3.63, 3.8) is 0 Å². The molecule has 0 saturated heterocycles. The first kappa shape index (κ1) is 14.1. The third-order valence-corrected chi connectivity index (χ3v) is 4.00. The Hall–Kier alpha value is -1.88. The Bertz CT molecular complexity index is 604. The number of hydrogen-bond acceptors (Lipinski definition) is 4. The van der Waals surface area contributed by atoms with Gasteiger partial charge in [0.1, 0.15) is 6.33 Å². The Morgan fingerprint density at radius 1 is 1.29 bits per heavy atom. The third-order valence-electron chi connectivity index (χ3n) is 4.00. The average Bonchev–Trinajstić information content (AvgIpc) is 2.95. The van der Waals surface area contributed by atoms with Gasteiger partial charge in [-0.1, -0.05) is 19.1 Å². The van der Waals surface area contributed by atoms with E-state index in [-0.39, 0.29) is 0 Å². The van der Waals surface area contributed by atoms with Gasteiger partial charge >= 0.3 is 0 Å². The van der Waals surface area contributed by atoms with E-state index in [1.165, 1.54) is 23.2 Å². The van der Waals surface area contributed by atoms with E-state index >= 15 is 0 Å². The van der Waals surface area contributed by atoms with Crippen LogP contribution in [0.5, 0.6) is 0 Å². The lowest BCUT2D eigenvalue weighted by atomic mass is 10.1. The number of aromatic nitrogens is 3. The van der Waals surface area contributed by atoms with Gasteiger partial charge in [0, 0.05) is 25.3 Å². The van der Waals surface area contributed by atoms with Crippen LogP contribution in [-0.2, 0) is 19.6 Å². The Morgan fingerprint density at radius 3 is 3.00 bits per heavy atom. The van der Waals surface area contributed by atoms with Crippen molar-refractivity contribution in [3.05, 3.63) is 41.5 Å². The Labute approximate surface area is 126 Å². The molecule has 0 radical (unpaired) electrons. The van der Waals surface area contributed by atoms with Crippen LogP contribution in [0.3, 0.4) is 0 Å². The quantitative estimate of drug-likeness (QED) is 0.855. The number of rotatable bonds is 5. The zero-order valence-corrected chi connectivity index (χ0v) is 12.8. The van der Waals surface area contributed by atoms with Crippen molar-refractivity contribution in [1.29, 1.82) is 0 Å². The topological polar surface area (TPSA) is 46.0 Å². The lowest BCUT2D eigenvalue weighted by Gasteiger charge is -2.30. The van der Waals surface area contributed by atoms with Crippen LogP contribution in [0.4, 0.5) is 5.69 Å². The molecule has 0 bridgehead atoms. The van der Waals surface area contributed by atoms with Crippen LogP contribution < -0.4 is 10.2 Å². The summed E-state index contributed by atoms with van der Waals surface area (Å²) >= 11 is 0. The highest BCUT2D eigenvalue weighted by atomic mass is 15.3. The second-order valence-electron chi connectivity index (χ2n) is 5.66. The van der Waals surface area contributed by atoms with Crippen molar-refractivity contribution in [2.24, 2.45) is 0 Å². The molecule has 0 atom stereocenters. The molecule has 0 fully saturated rings. The lowest BCUT2D eigenvalue weighted by molar-refractivity contribution is 0.559. The van der Waals surface area contributed by atoms with Gasteiger partial charge in [-0.25, -0.2) is 0 Å². The molecule has 1 aromatic heterocycles. The lowest BCUT2D eigenvalue weighted by Crippen LogP contribution is -2.34. The minimum Gasteiger partial charge on any atom is -0.362 e. The van der Waals surface area contributed by atoms with Crippen LogP contribution in [0.15, 0.2) is 24.5 Å². The summed E-state index contributed by atoms with van der Waals surface area (Å²) in [5.74, 6) is 1.05. The predicted molar refractivity (Wildman–Crippen MR) is 84.2 cm³/mol. The number of fused-ring (bicyclic) bond motifs is 1. The van der Waals surface area contributed by atoms with Crippen molar-refractivity contribution in [2.45, 2.75) is 39.9 Å². The minimum atomic E-state index is 0.842. The summed E-state index contributed by atoms with van der Waals surface area (Å²) < 4.78 is 2.13. The average molecular weight is 285 g/mol. The monoisotopic (exact) mass is 285 g/mol. The fourth-order valence-electron chi connectivity index (χ4n) is 2.86. The molecule has 112 valence electrons. The molecule has 5 heteroatoms. The molecule has 0 saturated carbocycles. The molecular weight excluding hydrogens is 262 g/mol. The van der Waals surface area contributed by atoms with E-state index in [4.69, 9.17) is 0 Å². The van der Waals surface area contributed by atoms with Crippen molar-refractivity contribution in [3.8, 4) is 0 Å². The highest BCUT2D eigenvalue weighted by Gasteiger charge is 2.18. The van der Waals surface area contributed by atoms with Gasteiger partial charge < -0.3 is 14.8 Å². The summed E-state index contributed by atoms with van der Waals surface area (Å²) in [5, 5.41) is 11.6. The maximum absolute atomic E-state index is 4.19. The van der Waals surface area contributed by atoms with Crippen molar-refractivity contribution >= 4 is 5.69 Å². The number of nitrogens with zero attached hydrogens (tertiary/aromatic N) is 4. The van der Waals surface area contributed by atoms with E-state index in [0.717, 1.165) is 38.5 Å². The Kier molecular flexibility index (Phi) is 4.20. The summed E-state index contributed by atoms with van der Waals surface area (Å²) in [5.41, 5.74) is 3.99. The summed E-state index contributed by atoms with van der Waals surface area (Å²) in [6, 6.07) is 6.76. The first-order valence-corrected chi connectivity index (χ1v) is 7.70.